The Bertz CT molecular complexity index is 771. The number of ketones is 1. The van der Waals surface area contributed by atoms with Gasteiger partial charge in [0.15, 0.2) is 0 Å². The normalized spacial score (nSPS) is 46.8. The molecule has 6 heteroatoms. The van der Waals surface area contributed by atoms with Gasteiger partial charge in [0, 0.05) is 5.92 Å². The van der Waals surface area contributed by atoms with Crippen LogP contribution in [0.5, 0.6) is 0 Å². The highest BCUT2D eigenvalue weighted by Gasteiger charge is 2.59. The number of hydrogen-bond donors (Lipinski definition) is 1. The van der Waals surface area contributed by atoms with Crippen LogP contribution in [-0.4, -0.2) is 24.9 Å². The Morgan fingerprint density at radius 3 is 2.56 bits per heavy atom. The van der Waals surface area contributed by atoms with Gasteiger partial charge in [0.25, 0.3) is 0 Å². The van der Waals surface area contributed by atoms with Crippen LogP contribution < -0.4 is 0 Å². The predicted molar refractivity (Wildman–Crippen MR) is 102 cm³/mol. The molecule has 0 radical (unpaired) electrons. The summed E-state index contributed by atoms with van der Waals surface area (Å²) in [6.45, 7) is 6.46. The Balaban J connectivity index is 1.58. The quantitative estimate of drug-likeness (QED) is 0.567. The lowest BCUT2D eigenvalue weighted by molar-refractivity contribution is -0.127. The maximum atomic E-state index is 12.2. The van der Waals surface area contributed by atoms with Gasteiger partial charge in [0.2, 0.25) is 0 Å². The third-order valence-corrected chi connectivity index (χ3v) is 9.32. The number of hydrogen-bond acceptors (Lipinski definition) is 4. The summed E-state index contributed by atoms with van der Waals surface area (Å²) in [7, 11) is -4.40. The molecular weight excluding hydrogens is 364 g/mol. The second-order valence-corrected chi connectivity index (χ2v) is 11.0. The lowest BCUT2D eigenvalue weighted by atomic mass is 9.47. The highest BCUT2D eigenvalue weighted by atomic mass is 32.3. The smallest absolute Gasteiger partial charge is 0.300 e. The molecule has 4 aliphatic carbocycles. The molecule has 1 N–H and O–H groups in total. The van der Waals surface area contributed by atoms with Gasteiger partial charge in [-0.05, 0) is 86.9 Å². The van der Waals surface area contributed by atoms with Crippen molar-refractivity contribution in [2.75, 3.05) is 0 Å². The third-order valence-electron chi connectivity index (χ3n) is 8.81. The molecule has 0 aromatic heterocycles. The Morgan fingerprint density at radius 1 is 1.15 bits per heavy atom. The SMILES string of the molecule is CC(=O)[C@H]1CC[C@H]2[C@H]3CC=C4C[C@@H](OS(=O)(=O)O)CC[C@]4(C)[C@@H]3CC[C@]12C. The Hall–Kier alpha value is -0.720. The highest BCUT2D eigenvalue weighted by Crippen LogP contribution is 2.66. The molecule has 0 aliphatic heterocycles. The first-order valence-electron chi connectivity index (χ1n) is 10.4. The van der Waals surface area contributed by atoms with Gasteiger partial charge in [-0.1, -0.05) is 25.5 Å². The zero-order valence-electron chi connectivity index (χ0n) is 16.6. The van der Waals surface area contributed by atoms with Crippen molar-refractivity contribution in [3.63, 3.8) is 0 Å². The van der Waals surface area contributed by atoms with Gasteiger partial charge in [0.1, 0.15) is 5.78 Å². The highest BCUT2D eigenvalue weighted by molar-refractivity contribution is 7.80. The van der Waals surface area contributed by atoms with Crippen LogP contribution in [-0.2, 0) is 19.4 Å². The molecule has 3 fully saturated rings. The number of fused-ring (bicyclic) bond motifs is 5. The topological polar surface area (TPSA) is 80.7 Å². The molecule has 0 saturated heterocycles. The van der Waals surface area contributed by atoms with Gasteiger partial charge in [-0.2, -0.15) is 8.42 Å². The van der Waals surface area contributed by atoms with Crippen molar-refractivity contribution >= 4 is 16.2 Å². The van der Waals surface area contributed by atoms with E-state index in [4.69, 9.17) is 8.74 Å². The predicted octanol–water partition coefficient (Wildman–Crippen LogP) is 4.34. The summed E-state index contributed by atoms with van der Waals surface area (Å²) >= 11 is 0. The van der Waals surface area contributed by atoms with E-state index in [9.17, 15) is 13.2 Å². The van der Waals surface area contributed by atoms with Gasteiger partial charge in [-0.25, -0.2) is 4.18 Å². The molecule has 27 heavy (non-hydrogen) atoms. The van der Waals surface area contributed by atoms with Crippen LogP contribution in [0, 0.1) is 34.5 Å². The molecule has 0 bridgehead atoms. The fourth-order valence-electron chi connectivity index (χ4n) is 7.55. The molecule has 0 heterocycles. The number of carbonyl (C=O) groups is 1. The summed E-state index contributed by atoms with van der Waals surface area (Å²) < 4.78 is 36.1. The van der Waals surface area contributed by atoms with E-state index in [-0.39, 0.29) is 16.7 Å². The molecule has 5 nitrogen and oxygen atoms in total. The summed E-state index contributed by atoms with van der Waals surface area (Å²) in [6.07, 6.45) is 9.54. The molecule has 4 rings (SSSR count). The zero-order valence-corrected chi connectivity index (χ0v) is 17.4. The van der Waals surface area contributed by atoms with Crippen molar-refractivity contribution in [2.24, 2.45) is 34.5 Å². The lowest BCUT2D eigenvalue weighted by Gasteiger charge is -2.58. The molecule has 0 amide bonds. The van der Waals surface area contributed by atoms with E-state index < -0.39 is 16.5 Å². The molecule has 4 aliphatic rings. The molecule has 3 saturated carbocycles. The summed E-state index contributed by atoms with van der Waals surface area (Å²) in [5.74, 6) is 2.43. The van der Waals surface area contributed by atoms with E-state index in [2.05, 4.69) is 19.9 Å². The standard InChI is InChI=1S/C21H32O5S/c1-13(22)17-6-7-18-16-5-4-14-12-15(26-27(23,24)25)8-10-20(14,2)19(16)9-11-21(17,18)3/h4,15-19H,5-12H2,1-3H3,(H,23,24,25)/t15-,16+,17+,18-,19+,20-,21+/m0/s1. The molecule has 7 atom stereocenters. The maximum Gasteiger partial charge on any atom is 0.397 e. The van der Waals surface area contributed by atoms with E-state index in [0.717, 1.165) is 38.5 Å². The third kappa shape index (κ3) is 3.12. The van der Waals surface area contributed by atoms with Gasteiger partial charge < -0.3 is 0 Å². The summed E-state index contributed by atoms with van der Waals surface area (Å²) in [5, 5.41) is 0. The largest absolute Gasteiger partial charge is 0.397 e. The fraction of sp³-hybridized carbons (Fsp3) is 0.857. The van der Waals surface area contributed by atoms with Crippen LogP contribution >= 0.6 is 0 Å². The average molecular weight is 397 g/mol. The number of Topliss-reactive ketones (excluding diaryl/α,β-unsaturated/α-hetero) is 1. The maximum absolute atomic E-state index is 12.2. The molecule has 0 aromatic rings. The van der Waals surface area contributed by atoms with Crippen molar-refractivity contribution in [3.05, 3.63) is 11.6 Å². The second-order valence-electron chi connectivity index (χ2n) is 9.93. The number of carbonyl (C=O) groups excluding carboxylic acids is 1. The van der Waals surface area contributed by atoms with Gasteiger partial charge >= 0.3 is 10.4 Å². The van der Waals surface area contributed by atoms with E-state index in [0.29, 0.717) is 36.4 Å². The van der Waals surface area contributed by atoms with Crippen LogP contribution in [0.3, 0.4) is 0 Å². The van der Waals surface area contributed by atoms with Crippen LogP contribution in [0.4, 0.5) is 0 Å². The second kappa shape index (κ2) is 6.39. The molecule has 0 aromatic carbocycles. The molecule has 0 spiro atoms. The van der Waals surface area contributed by atoms with Gasteiger partial charge in [-0.3, -0.25) is 9.35 Å². The molecule has 0 unspecified atom stereocenters. The first-order valence-corrected chi connectivity index (χ1v) is 11.8. The summed E-state index contributed by atoms with van der Waals surface area (Å²) in [5.41, 5.74) is 1.56. The van der Waals surface area contributed by atoms with Crippen LogP contribution in [0.25, 0.3) is 0 Å². The Labute approximate surface area is 162 Å². The minimum absolute atomic E-state index is 0.0949. The van der Waals surface area contributed by atoms with Crippen LogP contribution in [0.15, 0.2) is 11.6 Å². The van der Waals surface area contributed by atoms with E-state index in [1.165, 1.54) is 5.57 Å². The van der Waals surface area contributed by atoms with Crippen molar-refractivity contribution in [3.8, 4) is 0 Å². The van der Waals surface area contributed by atoms with Crippen molar-refractivity contribution < 1.29 is 21.9 Å². The minimum Gasteiger partial charge on any atom is -0.300 e. The number of rotatable bonds is 3. The molecule has 152 valence electrons. The average Bonchev–Trinajstić information content (AvgIpc) is 2.91. The minimum atomic E-state index is -4.40. The first kappa shape index (κ1) is 19.6. The van der Waals surface area contributed by atoms with Crippen LogP contribution in [0.1, 0.15) is 72.1 Å². The fourth-order valence-corrected chi connectivity index (χ4v) is 8.06. The Kier molecular flexibility index (Phi) is 4.64. The van der Waals surface area contributed by atoms with Crippen molar-refractivity contribution in [1.29, 1.82) is 0 Å². The number of allylic oxidation sites excluding steroid dienone is 1. The Morgan fingerprint density at radius 2 is 1.89 bits per heavy atom. The van der Waals surface area contributed by atoms with Crippen molar-refractivity contribution in [1.82, 2.24) is 0 Å². The van der Waals surface area contributed by atoms with Crippen molar-refractivity contribution in [2.45, 2.75) is 78.2 Å². The van der Waals surface area contributed by atoms with E-state index in [1.807, 2.05) is 0 Å². The van der Waals surface area contributed by atoms with E-state index >= 15 is 0 Å². The summed E-state index contributed by atoms with van der Waals surface area (Å²) in [4.78, 5) is 12.2. The van der Waals surface area contributed by atoms with Gasteiger partial charge in [-0.15, -0.1) is 0 Å². The lowest BCUT2D eigenvalue weighted by Crippen LogP contribution is -2.51. The van der Waals surface area contributed by atoms with Crippen LogP contribution in [0.2, 0.25) is 0 Å². The zero-order chi connectivity index (χ0) is 19.6. The summed E-state index contributed by atoms with van der Waals surface area (Å²) in [6, 6.07) is 0. The van der Waals surface area contributed by atoms with Gasteiger partial charge in [0.05, 0.1) is 6.10 Å². The van der Waals surface area contributed by atoms with E-state index in [1.54, 1.807) is 6.92 Å². The monoisotopic (exact) mass is 396 g/mol. The first-order chi connectivity index (χ1) is 12.5. The molecular formula is C21H32O5S.